The fourth-order valence-electron chi connectivity index (χ4n) is 0.723. The summed E-state index contributed by atoms with van der Waals surface area (Å²) in [7, 11) is 0. The number of hydrogen-bond donors (Lipinski definition) is 0. The Hall–Kier alpha value is -0.810. The number of nitriles is 1. The van der Waals surface area contributed by atoms with Crippen LogP contribution in [0.3, 0.4) is 0 Å². The van der Waals surface area contributed by atoms with Crippen LogP contribution in [0.4, 0.5) is 0 Å². The summed E-state index contributed by atoms with van der Waals surface area (Å²) in [6.07, 6.45) is 0. The molecule has 0 atom stereocenters. The molecule has 0 aliphatic rings. The highest BCUT2D eigenvalue weighted by atomic mass is 32.1. The van der Waals surface area contributed by atoms with Crippen molar-refractivity contribution in [2.45, 2.75) is 27.2 Å². The summed E-state index contributed by atoms with van der Waals surface area (Å²) in [5.74, 6) is 0.548. The average molecular weight is 167 g/mol. The molecule has 1 rings (SSSR count). The van der Waals surface area contributed by atoms with Crippen molar-refractivity contribution in [3.8, 4) is 6.07 Å². The smallest absolute Gasteiger partial charge is 0.110 e. The number of rotatable bonds is 1. The van der Waals surface area contributed by atoms with Gasteiger partial charge in [0.25, 0.3) is 0 Å². The molecule has 0 radical (unpaired) electrons. The second kappa shape index (κ2) is 4.15. The van der Waals surface area contributed by atoms with E-state index in [4.69, 9.17) is 5.26 Å². The normalized spacial score (nSPS) is 8.91. The first kappa shape index (κ1) is 10.2. The van der Waals surface area contributed by atoms with Crippen LogP contribution in [0.15, 0.2) is 12.1 Å². The minimum Gasteiger partial charge on any atom is -0.192 e. The molecule has 0 fully saturated rings. The van der Waals surface area contributed by atoms with Crippen LogP contribution in [0, 0.1) is 11.3 Å². The zero-order chi connectivity index (χ0) is 7.56. The third kappa shape index (κ3) is 2.36. The third-order valence-electron chi connectivity index (χ3n) is 1.31. The summed E-state index contributed by atoms with van der Waals surface area (Å²) in [6.45, 7) is 4.26. The fourth-order valence-corrected chi connectivity index (χ4v) is 1.53. The number of hydrogen-bond acceptors (Lipinski definition) is 2. The van der Waals surface area contributed by atoms with Crippen LogP contribution in [-0.4, -0.2) is 0 Å². The van der Waals surface area contributed by atoms with Crippen LogP contribution in [0.25, 0.3) is 0 Å². The number of nitrogens with zero attached hydrogens (tertiary/aromatic N) is 1. The van der Waals surface area contributed by atoms with Gasteiger partial charge in [0.15, 0.2) is 0 Å². The molecule has 0 aliphatic heterocycles. The molecule has 0 unspecified atom stereocenters. The van der Waals surface area contributed by atoms with Crippen molar-refractivity contribution >= 4 is 11.3 Å². The van der Waals surface area contributed by atoms with Crippen LogP contribution < -0.4 is 0 Å². The first-order chi connectivity index (χ1) is 4.74. The summed E-state index contributed by atoms with van der Waals surface area (Å²) in [5, 5.41) is 8.49. The molecule has 1 heterocycles. The van der Waals surface area contributed by atoms with E-state index in [1.807, 2.05) is 12.1 Å². The van der Waals surface area contributed by atoms with Crippen molar-refractivity contribution in [1.82, 2.24) is 0 Å². The fraction of sp³-hybridized carbons (Fsp3) is 0.444. The molecule has 0 saturated carbocycles. The van der Waals surface area contributed by atoms with Crippen molar-refractivity contribution in [3.63, 3.8) is 0 Å². The van der Waals surface area contributed by atoms with E-state index in [-0.39, 0.29) is 7.43 Å². The van der Waals surface area contributed by atoms with Gasteiger partial charge >= 0.3 is 0 Å². The minimum atomic E-state index is 0. The quantitative estimate of drug-likeness (QED) is 0.629. The number of thiophene rings is 1. The molecular formula is C9H13NS. The van der Waals surface area contributed by atoms with Gasteiger partial charge in [-0.3, -0.25) is 0 Å². The maximum Gasteiger partial charge on any atom is 0.110 e. The standard InChI is InChI=1S/C8H9NS.CH4/c1-6(2)8-4-3-7(5-9)10-8;/h3-4,6H,1-2H3;1H4. The lowest BCUT2D eigenvalue weighted by atomic mass is 10.2. The molecule has 0 bridgehead atoms. The highest BCUT2D eigenvalue weighted by Gasteiger charge is 2.01. The Kier molecular flexibility index (Phi) is 3.84. The predicted molar refractivity (Wildman–Crippen MR) is 49.9 cm³/mol. The molecular weight excluding hydrogens is 154 g/mol. The molecule has 0 aliphatic carbocycles. The van der Waals surface area contributed by atoms with Gasteiger partial charge < -0.3 is 0 Å². The molecule has 11 heavy (non-hydrogen) atoms. The van der Waals surface area contributed by atoms with Gasteiger partial charge in [0, 0.05) is 4.88 Å². The van der Waals surface area contributed by atoms with E-state index in [9.17, 15) is 0 Å². The zero-order valence-corrected chi connectivity index (χ0v) is 6.90. The Morgan fingerprint density at radius 3 is 2.36 bits per heavy atom. The lowest BCUT2D eigenvalue weighted by Crippen LogP contribution is -1.77. The molecule has 2 heteroatoms. The average Bonchev–Trinajstić information content (AvgIpc) is 2.34. The van der Waals surface area contributed by atoms with E-state index in [2.05, 4.69) is 19.9 Å². The van der Waals surface area contributed by atoms with Crippen LogP contribution >= 0.6 is 11.3 Å². The molecule has 1 nitrogen and oxygen atoms in total. The first-order valence-electron chi connectivity index (χ1n) is 3.24. The Balaban J connectivity index is 0.000001000. The van der Waals surface area contributed by atoms with Crippen molar-refractivity contribution in [1.29, 1.82) is 5.26 Å². The summed E-state index contributed by atoms with van der Waals surface area (Å²) in [4.78, 5) is 2.10. The highest BCUT2D eigenvalue weighted by molar-refractivity contribution is 7.12. The summed E-state index contributed by atoms with van der Waals surface area (Å²) in [5.41, 5.74) is 0. The topological polar surface area (TPSA) is 23.8 Å². The Morgan fingerprint density at radius 1 is 1.45 bits per heavy atom. The molecule has 0 saturated heterocycles. The molecule has 1 aromatic rings. The SMILES string of the molecule is C.CC(C)c1ccc(C#N)s1. The van der Waals surface area contributed by atoms with Crippen molar-refractivity contribution in [2.24, 2.45) is 0 Å². The van der Waals surface area contributed by atoms with Crippen molar-refractivity contribution in [3.05, 3.63) is 21.9 Å². The van der Waals surface area contributed by atoms with Crippen LogP contribution in [0.5, 0.6) is 0 Å². The summed E-state index contributed by atoms with van der Waals surface area (Å²) >= 11 is 1.58. The van der Waals surface area contributed by atoms with E-state index in [1.54, 1.807) is 11.3 Å². The lowest BCUT2D eigenvalue weighted by Gasteiger charge is -1.95. The maximum absolute atomic E-state index is 8.49. The third-order valence-corrected chi connectivity index (χ3v) is 2.60. The van der Waals surface area contributed by atoms with E-state index in [1.165, 1.54) is 4.88 Å². The van der Waals surface area contributed by atoms with Gasteiger partial charge in [0.2, 0.25) is 0 Å². The largest absolute Gasteiger partial charge is 0.192 e. The molecule has 0 aromatic carbocycles. The van der Waals surface area contributed by atoms with Crippen molar-refractivity contribution < 1.29 is 0 Å². The van der Waals surface area contributed by atoms with Gasteiger partial charge in [0.05, 0.1) is 0 Å². The summed E-state index contributed by atoms with van der Waals surface area (Å²) < 4.78 is 0. The van der Waals surface area contributed by atoms with Gasteiger partial charge in [-0.2, -0.15) is 5.26 Å². The van der Waals surface area contributed by atoms with Crippen LogP contribution in [0.1, 0.15) is 36.9 Å². The highest BCUT2D eigenvalue weighted by Crippen LogP contribution is 2.23. The first-order valence-corrected chi connectivity index (χ1v) is 4.05. The maximum atomic E-state index is 8.49. The predicted octanol–water partition coefficient (Wildman–Crippen LogP) is 3.38. The molecule has 0 spiro atoms. The Bertz CT molecular complexity index is 255. The Morgan fingerprint density at radius 2 is 2.09 bits per heavy atom. The van der Waals surface area contributed by atoms with Gasteiger partial charge in [-0.05, 0) is 18.1 Å². The molecule has 60 valence electrons. The zero-order valence-electron chi connectivity index (χ0n) is 6.09. The van der Waals surface area contributed by atoms with Gasteiger partial charge in [-0.25, -0.2) is 0 Å². The van der Waals surface area contributed by atoms with E-state index < -0.39 is 0 Å². The van der Waals surface area contributed by atoms with Crippen LogP contribution in [-0.2, 0) is 0 Å². The minimum absolute atomic E-state index is 0. The summed E-state index contributed by atoms with van der Waals surface area (Å²) in [6, 6.07) is 6.02. The van der Waals surface area contributed by atoms with E-state index in [0.29, 0.717) is 5.92 Å². The van der Waals surface area contributed by atoms with Gasteiger partial charge in [0.1, 0.15) is 10.9 Å². The van der Waals surface area contributed by atoms with E-state index >= 15 is 0 Å². The van der Waals surface area contributed by atoms with E-state index in [0.717, 1.165) is 4.88 Å². The molecule has 0 N–H and O–H groups in total. The van der Waals surface area contributed by atoms with Crippen LogP contribution in [0.2, 0.25) is 0 Å². The Labute approximate surface area is 72.3 Å². The lowest BCUT2D eigenvalue weighted by molar-refractivity contribution is 0.890. The molecule has 0 amide bonds. The monoisotopic (exact) mass is 167 g/mol. The van der Waals surface area contributed by atoms with Gasteiger partial charge in [-0.1, -0.05) is 21.3 Å². The second-order valence-electron chi connectivity index (χ2n) is 2.47. The molecule has 1 aromatic heterocycles. The second-order valence-corrected chi connectivity index (χ2v) is 3.58. The van der Waals surface area contributed by atoms with Crippen molar-refractivity contribution in [2.75, 3.05) is 0 Å². The van der Waals surface area contributed by atoms with Gasteiger partial charge in [-0.15, -0.1) is 11.3 Å².